The largest absolute Gasteiger partial charge is 0.351 e. The Bertz CT molecular complexity index is 1200. The van der Waals surface area contributed by atoms with Gasteiger partial charge in [-0.3, -0.25) is 14.5 Å². The third-order valence-electron chi connectivity index (χ3n) is 6.54. The van der Waals surface area contributed by atoms with Crippen LogP contribution in [0.3, 0.4) is 0 Å². The topological polar surface area (TPSA) is 75.2 Å². The molecule has 6 nitrogen and oxygen atoms in total. The molecule has 2 bridgehead atoms. The highest BCUT2D eigenvalue weighted by molar-refractivity contribution is 8.45. The van der Waals surface area contributed by atoms with Gasteiger partial charge in [0.05, 0.1) is 0 Å². The van der Waals surface area contributed by atoms with Crippen molar-refractivity contribution in [3.63, 3.8) is 0 Å². The van der Waals surface area contributed by atoms with Gasteiger partial charge < -0.3 is 5.32 Å². The van der Waals surface area contributed by atoms with Crippen molar-refractivity contribution in [2.75, 3.05) is 4.90 Å². The van der Waals surface area contributed by atoms with Gasteiger partial charge in [0, 0.05) is 42.0 Å². The summed E-state index contributed by atoms with van der Waals surface area (Å²) < 4.78 is 108. The second-order valence-electron chi connectivity index (χ2n) is 9.05. The van der Waals surface area contributed by atoms with Crippen LogP contribution in [0.25, 0.3) is 0 Å². The van der Waals surface area contributed by atoms with Gasteiger partial charge in [0.15, 0.2) is 0 Å². The van der Waals surface area contributed by atoms with Crippen LogP contribution in [-0.2, 0) is 9.59 Å². The molecule has 2 unspecified atom stereocenters. The summed E-state index contributed by atoms with van der Waals surface area (Å²) in [6.45, 7) is 0. The van der Waals surface area contributed by atoms with Crippen molar-refractivity contribution in [3.8, 4) is 0 Å². The summed E-state index contributed by atoms with van der Waals surface area (Å²) in [4.78, 5) is 31.7. The molecule has 2 aliphatic carbocycles. The fourth-order valence-electron chi connectivity index (χ4n) is 4.89. The number of carbonyl (C=O) groups is 2. The maximum absolute atomic E-state index is 14.0. The summed E-state index contributed by atoms with van der Waals surface area (Å²) in [5.74, 6) is -7.01. The Hall–Kier alpha value is -2.68. The highest BCUT2D eigenvalue weighted by atomic mass is 35.5. The van der Waals surface area contributed by atoms with Gasteiger partial charge in [0.1, 0.15) is 17.3 Å². The molecule has 16 heteroatoms. The summed E-state index contributed by atoms with van der Waals surface area (Å²) in [5, 5.41) is 2.56. The SMILES string of the molecule is O=C(N[C@@H]1CC2CC1CC2(F)F)[C@H](c1cncnc1)N(C(=O)[C@H](F)Cl)c1ccc(S(F)(F)(F)(F)F)cc1. The van der Waals surface area contributed by atoms with Gasteiger partial charge in [-0.2, -0.15) is 0 Å². The Morgan fingerprint density at radius 2 is 1.65 bits per heavy atom. The van der Waals surface area contributed by atoms with Crippen LogP contribution in [0.4, 0.5) is 38.3 Å². The van der Waals surface area contributed by atoms with E-state index in [1.54, 1.807) is 0 Å². The van der Waals surface area contributed by atoms with Crippen molar-refractivity contribution in [2.45, 2.75) is 47.8 Å². The van der Waals surface area contributed by atoms with E-state index in [1.807, 2.05) is 0 Å². The Balaban J connectivity index is 1.73. The lowest BCUT2D eigenvalue weighted by atomic mass is 9.92. The van der Waals surface area contributed by atoms with Crippen molar-refractivity contribution in [2.24, 2.45) is 11.8 Å². The number of halogens is 9. The molecule has 1 aromatic carbocycles. The molecule has 2 saturated carbocycles. The van der Waals surface area contributed by atoms with E-state index in [0.717, 1.165) is 18.7 Å². The summed E-state index contributed by atoms with van der Waals surface area (Å²) in [6, 6.07) is -1.62. The van der Waals surface area contributed by atoms with Gasteiger partial charge in [-0.1, -0.05) is 31.0 Å². The molecular weight excluding hydrogens is 560 g/mol. The number of alkyl halides is 4. The molecule has 1 heterocycles. The average Bonchev–Trinajstić information content (AvgIpc) is 3.31. The number of rotatable bonds is 7. The number of hydrogen-bond acceptors (Lipinski definition) is 4. The average molecular weight is 579 g/mol. The molecule has 5 atom stereocenters. The van der Waals surface area contributed by atoms with Crippen LogP contribution in [0.15, 0.2) is 47.9 Å². The molecular formula is C21H19ClF8N4O2S. The van der Waals surface area contributed by atoms with Gasteiger partial charge in [-0.05, 0) is 43.0 Å². The maximum Gasteiger partial charge on any atom is 0.310 e. The van der Waals surface area contributed by atoms with E-state index in [4.69, 9.17) is 11.6 Å². The molecule has 0 saturated heterocycles. The van der Waals surface area contributed by atoms with Crippen LogP contribution in [0.2, 0.25) is 0 Å². The van der Waals surface area contributed by atoms with Gasteiger partial charge >= 0.3 is 10.2 Å². The lowest BCUT2D eigenvalue weighted by molar-refractivity contribution is -0.128. The smallest absolute Gasteiger partial charge is 0.310 e. The minimum absolute atomic E-state index is 0.00684. The van der Waals surface area contributed by atoms with E-state index in [-0.39, 0.29) is 30.5 Å². The Morgan fingerprint density at radius 1 is 1.05 bits per heavy atom. The fourth-order valence-corrected chi connectivity index (χ4v) is 5.65. The van der Waals surface area contributed by atoms with Crippen LogP contribution in [0, 0.1) is 11.8 Å². The van der Waals surface area contributed by atoms with Gasteiger partial charge in [-0.25, -0.2) is 23.1 Å². The van der Waals surface area contributed by atoms with E-state index >= 15 is 0 Å². The molecule has 2 aliphatic rings. The molecule has 4 rings (SSSR count). The molecule has 0 spiro atoms. The van der Waals surface area contributed by atoms with Crippen LogP contribution < -0.4 is 10.2 Å². The third kappa shape index (κ3) is 5.61. The lowest BCUT2D eigenvalue weighted by Gasteiger charge is -2.40. The first-order chi connectivity index (χ1) is 16.9. The minimum Gasteiger partial charge on any atom is -0.351 e. The minimum atomic E-state index is -10.1. The van der Waals surface area contributed by atoms with E-state index < -0.39 is 74.5 Å². The molecule has 0 aliphatic heterocycles. The highest BCUT2D eigenvalue weighted by Crippen LogP contribution is 3.02. The third-order valence-corrected chi connectivity index (χ3v) is 7.89. The zero-order valence-electron chi connectivity index (χ0n) is 18.5. The Morgan fingerprint density at radius 3 is 2.11 bits per heavy atom. The number of nitrogens with zero attached hydrogens (tertiary/aromatic N) is 3. The molecule has 1 N–H and O–H groups in total. The van der Waals surface area contributed by atoms with Crippen molar-refractivity contribution < 1.29 is 42.2 Å². The summed E-state index contributed by atoms with van der Waals surface area (Å²) in [5.41, 5.74) is -3.48. The van der Waals surface area contributed by atoms with Gasteiger partial charge in [0.25, 0.3) is 17.5 Å². The predicted molar refractivity (Wildman–Crippen MR) is 119 cm³/mol. The van der Waals surface area contributed by atoms with Crippen LogP contribution in [0.5, 0.6) is 0 Å². The van der Waals surface area contributed by atoms with Gasteiger partial charge in [-0.15, -0.1) is 0 Å². The zero-order chi connectivity index (χ0) is 27.5. The number of amides is 2. The van der Waals surface area contributed by atoms with E-state index in [2.05, 4.69) is 15.3 Å². The number of carbonyl (C=O) groups excluding carboxylic acids is 2. The maximum atomic E-state index is 14.0. The molecule has 0 radical (unpaired) electrons. The van der Waals surface area contributed by atoms with Crippen molar-refractivity contribution in [1.29, 1.82) is 0 Å². The number of hydrogen-bond donors (Lipinski definition) is 1. The first-order valence-electron chi connectivity index (χ1n) is 10.8. The van der Waals surface area contributed by atoms with Crippen molar-refractivity contribution in [3.05, 3.63) is 48.5 Å². The number of benzene rings is 1. The molecule has 1 aromatic heterocycles. The highest BCUT2D eigenvalue weighted by Gasteiger charge is 2.65. The zero-order valence-corrected chi connectivity index (χ0v) is 20.1. The van der Waals surface area contributed by atoms with Crippen LogP contribution in [-0.4, -0.2) is 39.4 Å². The van der Waals surface area contributed by atoms with Crippen LogP contribution in [0.1, 0.15) is 30.9 Å². The summed E-state index contributed by atoms with van der Waals surface area (Å²) in [7, 11) is -10.1. The van der Waals surface area contributed by atoms with E-state index in [1.165, 1.54) is 0 Å². The number of aromatic nitrogens is 2. The molecule has 204 valence electrons. The van der Waals surface area contributed by atoms with E-state index in [9.17, 15) is 42.2 Å². The molecule has 37 heavy (non-hydrogen) atoms. The van der Waals surface area contributed by atoms with Gasteiger partial charge in [0.2, 0.25) is 5.91 Å². The Kier molecular flexibility index (Phi) is 6.22. The van der Waals surface area contributed by atoms with E-state index in [0.29, 0.717) is 17.0 Å². The monoisotopic (exact) mass is 578 g/mol. The molecule has 2 amide bonds. The fraction of sp³-hybridized carbons (Fsp3) is 0.429. The summed E-state index contributed by atoms with van der Waals surface area (Å²) >= 11 is 5.31. The second-order valence-corrected chi connectivity index (χ2v) is 11.8. The standard InChI is InChI=1S/C21H19ClF8N4O2S/c22-18(23)20(36)34(14-1-3-15(4-2-14)37(26,27,28,29)30)17(12-8-31-10-32-9-12)19(35)33-16-6-13-5-11(16)7-21(13,24)25/h1-4,8-11,13,16-18H,5-7H2,(H,33,35)/t11?,13?,16-,17+,18+/m1/s1. The molecule has 2 fully saturated rings. The quantitative estimate of drug-likeness (QED) is 0.309. The summed E-state index contributed by atoms with van der Waals surface area (Å²) in [6.07, 6.45) is 2.83. The van der Waals surface area contributed by atoms with Crippen LogP contribution >= 0.6 is 21.8 Å². The Labute approximate surface area is 210 Å². The first kappa shape index (κ1) is 27.4. The molecule has 2 aromatic rings. The lowest BCUT2D eigenvalue weighted by Crippen LogP contribution is -2.50. The number of fused-ring (bicyclic) bond motifs is 2. The number of nitrogens with one attached hydrogen (secondary N) is 1. The number of anilines is 1. The first-order valence-corrected chi connectivity index (χ1v) is 13.1. The normalized spacial score (nSPS) is 26.0. The van der Waals surface area contributed by atoms with Crippen molar-refractivity contribution >= 4 is 39.3 Å². The second kappa shape index (κ2) is 8.41. The predicted octanol–water partition coefficient (Wildman–Crippen LogP) is 6.29. The van der Waals surface area contributed by atoms with Crippen molar-refractivity contribution in [1.82, 2.24) is 15.3 Å².